The van der Waals surface area contributed by atoms with Crippen LogP contribution in [0.2, 0.25) is 0 Å². The third-order valence-electron chi connectivity index (χ3n) is 6.14. The molecular weight excluding hydrogens is 356 g/mol. The van der Waals surface area contributed by atoms with Gasteiger partial charge >= 0.3 is 6.03 Å². The maximum absolute atomic E-state index is 12.7. The zero-order valence-corrected chi connectivity index (χ0v) is 16.4. The van der Waals surface area contributed by atoms with E-state index in [1.807, 2.05) is 17.0 Å². The van der Waals surface area contributed by atoms with Crippen molar-refractivity contribution in [2.24, 2.45) is 5.92 Å². The molecule has 4 rings (SSSR count). The Kier molecular flexibility index (Phi) is 5.24. The van der Waals surface area contributed by atoms with Crippen molar-refractivity contribution < 1.29 is 14.4 Å². The smallest absolute Gasteiger partial charge is 0.317 e. The maximum atomic E-state index is 12.7. The van der Waals surface area contributed by atoms with Gasteiger partial charge in [0, 0.05) is 32.2 Å². The average Bonchev–Trinajstić information content (AvgIpc) is 3.31. The first-order valence-corrected chi connectivity index (χ1v) is 10.2. The van der Waals surface area contributed by atoms with E-state index in [2.05, 4.69) is 16.7 Å². The van der Waals surface area contributed by atoms with E-state index in [-0.39, 0.29) is 23.8 Å². The topological polar surface area (TPSA) is 81.8 Å². The minimum atomic E-state index is -0.461. The number of hydrogen-bond donors (Lipinski definition) is 2. The average molecular weight is 384 g/mol. The van der Waals surface area contributed by atoms with Crippen molar-refractivity contribution in [1.29, 1.82) is 0 Å². The summed E-state index contributed by atoms with van der Waals surface area (Å²) in [4.78, 5) is 40.2. The fourth-order valence-corrected chi connectivity index (χ4v) is 4.51. The van der Waals surface area contributed by atoms with Crippen molar-refractivity contribution >= 4 is 17.8 Å². The zero-order valence-electron chi connectivity index (χ0n) is 16.4. The summed E-state index contributed by atoms with van der Waals surface area (Å²) >= 11 is 0. The van der Waals surface area contributed by atoms with Gasteiger partial charge in [0.1, 0.15) is 6.04 Å². The Bertz CT molecular complexity index is 794. The van der Waals surface area contributed by atoms with E-state index < -0.39 is 6.04 Å². The summed E-state index contributed by atoms with van der Waals surface area (Å²) in [6, 6.07) is 5.35. The van der Waals surface area contributed by atoms with E-state index in [4.69, 9.17) is 0 Å². The van der Waals surface area contributed by atoms with Gasteiger partial charge in [0.15, 0.2) is 0 Å². The molecule has 2 N–H and O–H groups in total. The third kappa shape index (κ3) is 3.84. The molecule has 2 heterocycles. The van der Waals surface area contributed by atoms with Gasteiger partial charge in [-0.25, -0.2) is 4.79 Å². The molecule has 0 radical (unpaired) electrons. The fourth-order valence-electron chi connectivity index (χ4n) is 4.51. The predicted molar refractivity (Wildman–Crippen MR) is 105 cm³/mol. The molecule has 2 saturated heterocycles. The largest absolute Gasteiger partial charge is 0.352 e. The van der Waals surface area contributed by atoms with Gasteiger partial charge in [-0.05, 0) is 61.3 Å². The van der Waals surface area contributed by atoms with Gasteiger partial charge in [-0.1, -0.05) is 6.07 Å². The molecule has 0 saturated carbocycles. The lowest BCUT2D eigenvalue weighted by atomic mass is 9.97. The Balaban J connectivity index is 1.30. The van der Waals surface area contributed by atoms with Crippen LogP contribution in [0.1, 0.15) is 40.7 Å². The number of likely N-dealkylation sites (tertiary alicyclic amines) is 1. The molecule has 2 aliphatic heterocycles. The van der Waals surface area contributed by atoms with Crippen molar-refractivity contribution in [3.8, 4) is 0 Å². The van der Waals surface area contributed by atoms with E-state index in [9.17, 15) is 14.4 Å². The number of urea groups is 1. The van der Waals surface area contributed by atoms with Crippen LogP contribution < -0.4 is 10.6 Å². The summed E-state index contributed by atoms with van der Waals surface area (Å²) in [5, 5.41) is 5.78. The first-order valence-electron chi connectivity index (χ1n) is 10.2. The number of benzene rings is 1. The summed E-state index contributed by atoms with van der Waals surface area (Å²) in [6.07, 6.45) is 5.25. The second-order valence-electron chi connectivity index (χ2n) is 8.22. The molecule has 1 aromatic carbocycles. The molecule has 0 aromatic heterocycles. The Hall–Kier alpha value is -2.57. The summed E-state index contributed by atoms with van der Waals surface area (Å²) in [5.41, 5.74) is 3.38. The summed E-state index contributed by atoms with van der Waals surface area (Å²) < 4.78 is 0. The van der Waals surface area contributed by atoms with Crippen LogP contribution in [0.15, 0.2) is 18.2 Å². The zero-order chi connectivity index (χ0) is 19.7. The number of aryl methyl sites for hydroxylation is 2. The number of carbonyl (C=O) groups is 3. The fraction of sp³-hybridized carbons (Fsp3) is 0.571. The van der Waals surface area contributed by atoms with Crippen LogP contribution in [0.3, 0.4) is 0 Å². The van der Waals surface area contributed by atoms with E-state index >= 15 is 0 Å². The maximum Gasteiger partial charge on any atom is 0.317 e. The van der Waals surface area contributed by atoms with Gasteiger partial charge in [-0.15, -0.1) is 0 Å². The molecular formula is C21H28N4O3. The van der Waals surface area contributed by atoms with E-state index in [0.717, 1.165) is 31.2 Å². The van der Waals surface area contributed by atoms with Crippen molar-refractivity contribution in [1.82, 2.24) is 20.4 Å². The van der Waals surface area contributed by atoms with Crippen LogP contribution in [0.5, 0.6) is 0 Å². The number of nitrogens with one attached hydrogen (secondary N) is 2. The second-order valence-corrected chi connectivity index (χ2v) is 8.22. The predicted octanol–water partition coefficient (Wildman–Crippen LogP) is 1.17. The van der Waals surface area contributed by atoms with Crippen molar-refractivity contribution in [2.75, 3.05) is 33.2 Å². The lowest BCUT2D eigenvalue weighted by Gasteiger charge is -2.34. The van der Waals surface area contributed by atoms with Gasteiger partial charge in [0.2, 0.25) is 5.91 Å². The number of likely N-dealkylation sites (N-methyl/N-ethyl adjacent to an activating group) is 1. The van der Waals surface area contributed by atoms with Crippen molar-refractivity contribution in [2.45, 2.75) is 38.1 Å². The Morgan fingerprint density at radius 3 is 2.79 bits per heavy atom. The molecule has 4 amide bonds. The number of rotatable bonds is 4. The Morgan fingerprint density at radius 2 is 2.00 bits per heavy atom. The molecule has 2 fully saturated rings. The van der Waals surface area contributed by atoms with E-state index in [1.165, 1.54) is 22.4 Å². The Morgan fingerprint density at radius 1 is 1.18 bits per heavy atom. The molecule has 2 unspecified atom stereocenters. The lowest BCUT2D eigenvalue weighted by Crippen LogP contribution is -2.50. The van der Waals surface area contributed by atoms with Crippen LogP contribution in [0, 0.1) is 5.92 Å². The molecule has 7 nitrogen and oxygen atoms in total. The first kappa shape index (κ1) is 18.8. The third-order valence-corrected chi connectivity index (χ3v) is 6.14. The molecule has 0 bridgehead atoms. The van der Waals surface area contributed by atoms with Crippen LogP contribution in [0.4, 0.5) is 4.79 Å². The standard InChI is InChI=1S/C21H28N4O3/c1-24-13-18(23-21(24)28)20(27)25-9-3-4-14(12-25)11-22-19(26)17-8-7-15-5-2-6-16(15)10-17/h7-8,10,14,18H,2-6,9,11-13H2,1H3,(H,22,26)(H,23,28). The number of piperidine rings is 1. The number of hydrogen-bond acceptors (Lipinski definition) is 3. The highest BCUT2D eigenvalue weighted by atomic mass is 16.2. The van der Waals surface area contributed by atoms with Gasteiger partial charge < -0.3 is 20.4 Å². The first-order chi connectivity index (χ1) is 13.5. The second kappa shape index (κ2) is 7.81. The molecule has 1 aromatic rings. The van der Waals surface area contributed by atoms with Crippen LogP contribution >= 0.6 is 0 Å². The lowest BCUT2D eigenvalue weighted by molar-refractivity contribution is -0.134. The van der Waals surface area contributed by atoms with Gasteiger partial charge in [-0.3, -0.25) is 9.59 Å². The van der Waals surface area contributed by atoms with Crippen molar-refractivity contribution in [3.63, 3.8) is 0 Å². The minimum Gasteiger partial charge on any atom is -0.352 e. The number of fused-ring (bicyclic) bond motifs is 1. The van der Waals surface area contributed by atoms with E-state index in [0.29, 0.717) is 26.2 Å². The van der Waals surface area contributed by atoms with Crippen LogP contribution in [0.25, 0.3) is 0 Å². The number of carbonyl (C=O) groups excluding carboxylic acids is 3. The number of amides is 4. The molecule has 28 heavy (non-hydrogen) atoms. The normalized spacial score (nSPS) is 24.1. The van der Waals surface area contributed by atoms with Crippen molar-refractivity contribution in [3.05, 3.63) is 34.9 Å². The molecule has 1 aliphatic carbocycles. The highest BCUT2D eigenvalue weighted by Gasteiger charge is 2.35. The minimum absolute atomic E-state index is 0.0210. The quantitative estimate of drug-likeness (QED) is 0.818. The molecule has 0 spiro atoms. The Labute approximate surface area is 165 Å². The monoisotopic (exact) mass is 384 g/mol. The van der Waals surface area contributed by atoms with Crippen LogP contribution in [-0.4, -0.2) is 66.9 Å². The van der Waals surface area contributed by atoms with Gasteiger partial charge in [0.25, 0.3) is 5.91 Å². The summed E-state index contributed by atoms with van der Waals surface area (Å²) in [6.45, 7) is 2.31. The van der Waals surface area contributed by atoms with Crippen LogP contribution in [-0.2, 0) is 17.6 Å². The number of nitrogens with zero attached hydrogens (tertiary/aromatic N) is 2. The SMILES string of the molecule is CN1CC(C(=O)N2CCCC(CNC(=O)c3ccc4c(c3)CCC4)C2)NC1=O. The van der Waals surface area contributed by atoms with Gasteiger partial charge in [0.05, 0.1) is 6.54 Å². The highest BCUT2D eigenvalue weighted by molar-refractivity contribution is 5.94. The van der Waals surface area contributed by atoms with E-state index in [1.54, 1.807) is 7.05 Å². The summed E-state index contributed by atoms with van der Waals surface area (Å²) in [5.74, 6) is 0.182. The van der Waals surface area contributed by atoms with Gasteiger partial charge in [-0.2, -0.15) is 0 Å². The summed E-state index contributed by atoms with van der Waals surface area (Å²) in [7, 11) is 1.69. The molecule has 150 valence electrons. The molecule has 3 aliphatic rings. The molecule has 7 heteroatoms. The highest BCUT2D eigenvalue weighted by Crippen LogP contribution is 2.23. The molecule has 2 atom stereocenters.